The van der Waals surface area contributed by atoms with Crippen LogP contribution in [0.3, 0.4) is 0 Å². The van der Waals surface area contributed by atoms with Crippen LogP contribution in [-0.2, 0) is 0 Å². The van der Waals surface area contributed by atoms with E-state index >= 15 is 0 Å². The number of hydrogen-bond acceptors (Lipinski definition) is 6. The maximum atomic E-state index is 7.98. The lowest BCUT2D eigenvalue weighted by atomic mass is 9.93. The quantitative estimate of drug-likeness (QED) is 0.656. The molecule has 18 heavy (non-hydrogen) atoms. The van der Waals surface area contributed by atoms with Crippen LogP contribution < -0.4 is 0 Å². The van der Waals surface area contributed by atoms with Crippen molar-refractivity contribution in [3.05, 3.63) is 26.1 Å². The van der Waals surface area contributed by atoms with E-state index in [-0.39, 0.29) is 0 Å². The molecule has 3 rings (SSSR count). The average molecular weight is 404 g/mol. The number of fused-ring (bicyclic) bond motifs is 3. The first kappa shape index (κ1) is 12.5. The van der Waals surface area contributed by atoms with E-state index < -0.39 is 0 Å². The van der Waals surface area contributed by atoms with E-state index in [0.717, 1.165) is 38.4 Å². The van der Waals surface area contributed by atoms with Gasteiger partial charge in [-0.3, -0.25) is 5.41 Å². The maximum absolute atomic E-state index is 7.98. The molecule has 1 aliphatic rings. The lowest BCUT2D eigenvalue weighted by Crippen LogP contribution is -2.19. The number of halogens is 2. The molecule has 8 heteroatoms. The number of allylic oxidation sites excluding steroid dienone is 1. The van der Waals surface area contributed by atoms with Crippen LogP contribution in [0.4, 0.5) is 0 Å². The summed E-state index contributed by atoms with van der Waals surface area (Å²) in [5, 5.41) is 7.98. The minimum atomic E-state index is 0.312. The van der Waals surface area contributed by atoms with Crippen molar-refractivity contribution >= 4 is 84.9 Å². The fraction of sp³-hybridized carbons (Fsp3) is 0. The van der Waals surface area contributed by atoms with Crippen molar-refractivity contribution in [2.24, 2.45) is 4.40 Å². The standard InChI is InChI=1S/C10H4Br2N4S2/c11-5-1-4-3(8(14-17)7(5)13)2-6(12)10-9(4)15-18-16-10/h1-2,13,17H/b13-7?,14-8-. The van der Waals surface area contributed by atoms with Crippen molar-refractivity contribution in [1.29, 1.82) is 5.41 Å². The summed E-state index contributed by atoms with van der Waals surface area (Å²) >= 11 is 11.9. The van der Waals surface area contributed by atoms with Crippen LogP contribution in [0.1, 0.15) is 11.1 Å². The molecule has 0 radical (unpaired) electrons. The number of nitrogens with one attached hydrogen (secondary N) is 1. The van der Waals surface area contributed by atoms with Crippen LogP contribution in [0.25, 0.3) is 17.1 Å². The largest absolute Gasteiger partial charge is 0.297 e. The van der Waals surface area contributed by atoms with E-state index in [1.54, 1.807) is 0 Å². The molecule has 0 unspecified atom stereocenters. The molecule has 0 fully saturated rings. The van der Waals surface area contributed by atoms with Crippen molar-refractivity contribution < 1.29 is 0 Å². The first-order valence-corrected chi connectivity index (χ1v) is 7.48. The third-order valence-electron chi connectivity index (χ3n) is 2.63. The second-order valence-electron chi connectivity index (χ2n) is 3.60. The molecule has 1 N–H and O–H groups in total. The Bertz CT molecular complexity index is 748. The number of benzene rings is 1. The van der Waals surface area contributed by atoms with Gasteiger partial charge in [-0.1, -0.05) is 0 Å². The smallest absolute Gasteiger partial charge is 0.119 e. The number of aromatic nitrogens is 2. The number of hydrogen-bond donors (Lipinski definition) is 2. The first-order chi connectivity index (χ1) is 8.63. The molecule has 0 spiro atoms. The van der Waals surface area contributed by atoms with E-state index in [1.165, 1.54) is 0 Å². The van der Waals surface area contributed by atoms with Crippen molar-refractivity contribution in [2.75, 3.05) is 0 Å². The molecule has 1 aliphatic carbocycles. The van der Waals surface area contributed by atoms with Crippen LogP contribution >= 0.6 is 56.4 Å². The SMILES string of the molecule is N=C1C(Br)=Cc2c(cc(Br)c3nsnc23)/C1=N/S. The molecule has 0 atom stereocenters. The van der Waals surface area contributed by atoms with Crippen LogP contribution in [0.15, 0.2) is 19.4 Å². The van der Waals surface area contributed by atoms with Crippen LogP contribution in [0.2, 0.25) is 0 Å². The van der Waals surface area contributed by atoms with Gasteiger partial charge < -0.3 is 0 Å². The molecule has 0 bridgehead atoms. The molecule has 0 aliphatic heterocycles. The highest BCUT2D eigenvalue weighted by atomic mass is 79.9. The predicted octanol–water partition coefficient (Wildman–Crippen LogP) is 3.86. The molecule has 2 aromatic rings. The Hall–Kier alpha value is -0.570. The lowest BCUT2D eigenvalue weighted by molar-refractivity contribution is 1.50. The van der Waals surface area contributed by atoms with Gasteiger partial charge in [0.25, 0.3) is 0 Å². The van der Waals surface area contributed by atoms with Gasteiger partial charge in [-0.25, -0.2) is 4.40 Å². The zero-order valence-corrected chi connectivity index (χ0v) is 13.5. The Kier molecular flexibility index (Phi) is 3.13. The highest BCUT2D eigenvalue weighted by Crippen LogP contribution is 2.35. The van der Waals surface area contributed by atoms with Crippen molar-refractivity contribution in [1.82, 2.24) is 8.75 Å². The number of thiol groups is 1. The summed E-state index contributed by atoms with van der Waals surface area (Å²) in [7, 11) is 0. The molecule has 0 saturated carbocycles. The van der Waals surface area contributed by atoms with Crippen LogP contribution in [0, 0.1) is 5.41 Å². The average Bonchev–Trinajstić information content (AvgIpc) is 2.82. The topological polar surface area (TPSA) is 62.0 Å². The minimum Gasteiger partial charge on any atom is -0.297 e. The van der Waals surface area contributed by atoms with Gasteiger partial charge in [0.15, 0.2) is 0 Å². The fourth-order valence-corrected chi connectivity index (χ4v) is 3.64. The maximum Gasteiger partial charge on any atom is 0.119 e. The van der Waals surface area contributed by atoms with Crippen molar-refractivity contribution in [3.8, 4) is 0 Å². The van der Waals surface area contributed by atoms with E-state index in [2.05, 4.69) is 57.8 Å². The van der Waals surface area contributed by atoms with Gasteiger partial charge in [0, 0.05) is 20.1 Å². The molecule has 90 valence electrons. The van der Waals surface area contributed by atoms with Gasteiger partial charge in [0.2, 0.25) is 0 Å². The Morgan fingerprint density at radius 1 is 1.28 bits per heavy atom. The summed E-state index contributed by atoms with van der Waals surface area (Å²) in [4.78, 5) is 0. The highest BCUT2D eigenvalue weighted by Gasteiger charge is 2.25. The first-order valence-electron chi connectivity index (χ1n) is 4.77. The zero-order chi connectivity index (χ0) is 12.9. The molecule has 1 aromatic heterocycles. The second kappa shape index (κ2) is 4.52. The lowest BCUT2D eigenvalue weighted by Gasteiger charge is -2.16. The summed E-state index contributed by atoms with van der Waals surface area (Å²) in [5.41, 5.74) is 4.22. The second-order valence-corrected chi connectivity index (χ2v) is 6.03. The third-order valence-corrected chi connectivity index (χ3v) is 4.59. The molecule has 4 nitrogen and oxygen atoms in total. The van der Waals surface area contributed by atoms with Gasteiger partial charge in [0.1, 0.15) is 16.7 Å². The molecular weight excluding hydrogens is 400 g/mol. The van der Waals surface area contributed by atoms with Gasteiger partial charge in [0.05, 0.1) is 17.4 Å². The van der Waals surface area contributed by atoms with Gasteiger partial charge in [-0.2, -0.15) is 8.75 Å². The summed E-state index contributed by atoms with van der Waals surface area (Å²) in [5.74, 6) is 0. The van der Waals surface area contributed by atoms with E-state index in [0.29, 0.717) is 15.9 Å². The Morgan fingerprint density at radius 2 is 2.00 bits per heavy atom. The van der Waals surface area contributed by atoms with Crippen LogP contribution in [-0.4, -0.2) is 20.2 Å². The van der Waals surface area contributed by atoms with Gasteiger partial charge in [-0.05, 0) is 56.8 Å². The van der Waals surface area contributed by atoms with Gasteiger partial charge >= 0.3 is 0 Å². The van der Waals surface area contributed by atoms with E-state index in [4.69, 9.17) is 5.41 Å². The molecule has 1 heterocycles. The predicted molar refractivity (Wildman–Crippen MR) is 85.3 cm³/mol. The molecule has 1 aromatic carbocycles. The van der Waals surface area contributed by atoms with Crippen LogP contribution in [0.5, 0.6) is 0 Å². The van der Waals surface area contributed by atoms with Gasteiger partial charge in [-0.15, -0.1) is 0 Å². The number of rotatable bonds is 0. The Balaban J connectivity index is 2.48. The summed E-state index contributed by atoms with van der Waals surface area (Å²) in [6.07, 6.45) is 1.87. The summed E-state index contributed by atoms with van der Waals surface area (Å²) in [6, 6.07) is 1.90. The fourth-order valence-electron chi connectivity index (χ4n) is 1.81. The Labute approximate surface area is 129 Å². The monoisotopic (exact) mass is 402 g/mol. The van der Waals surface area contributed by atoms with E-state index in [1.807, 2.05) is 12.1 Å². The normalized spacial score (nSPS) is 17.2. The molecular formula is C10H4Br2N4S2. The van der Waals surface area contributed by atoms with Crippen molar-refractivity contribution in [2.45, 2.75) is 0 Å². The zero-order valence-electron chi connectivity index (χ0n) is 8.61. The molecule has 0 amide bonds. The summed E-state index contributed by atoms with van der Waals surface area (Å²) in [6.45, 7) is 0. The molecule has 0 saturated heterocycles. The number of nitrogens with zero attached hydrogens (tertiary/aromatic N) is 3. The summed E-state index contributed by atoms with van der Waals surface area (Å²) < 4.78 is 14.0. The highest BCUT2D eigenvalue weighted by molar-refractivity contribution is 9.12. The third kappa shape index (κ3) is 1.70. The van der Waals surface area contributed by atoms with E-state index in [9.17, 15) is 0 Å². The Morgan fingerprint density at radius 3 is 2.72 bits per heavy atom. The minimum absolute atomic E-state index is 0.312. The van der Waals surface area contributed by atoms with Crippen molar-refractivity contribution in [3.63, 3.8) is 0 Å².